The third-order valence-electron chi connectivity index (χ3n) is 1.80. The minimum atomic E-state index is 0.489. The topological polar surface area (TPSA) is 29.4 Å². The molecule has 0 aliphatic rings. The number of halogens is 2. The lowest BCUT2D eigenvalue weighted by Gasteiger charge is -2.02. The van der Waals surface area contributed by atoms with Crippen molar-refractivity contribution < 1.29 is 4.79 Å². The Morgan fingerprint density at radius 1 is 1.36 bits per heavy atom. The van der Waals surface area contributed by atoms with Gasteiger partial charge in [0.2, 0.25) is 6.08 Å². The van der Waals surface area contributed by atoms with Crippen LogP contribution in [0.3, 0.4) is 0 Å². The van der Waals surface area contributed by atoms with E-state index in [-0.39, 0.29) is 0 Å². The molecule has 0 atom stereocenters. The third-order valence-corrected chi connectivity index (χ3v) is 2.38. The van der Waals surface area contributed by atoms with Crippen molar-refractivity contribution in [1.29, 1.82) is 0 Å². The van der Waals surface area contributed by atoms with Gasteiger partial charge in [0, 0.05) is 10.0 Å². The summed E-state index contributed by atoms with van der Waals surface area (Å²) in [5, 5.41) is 1.29. The van der Waals surface area contributed by atoms with E-state index in [0.717, 1.165) is 18.4 Å². The molecule has 0 aliphatic carbocycles. The van der Waals surface area contributed by atoms with Gasteiger partial charge < -0.3 is 0 Å². The Kier molecular flexibility index (Phi) is 4.68. The number of aryl methyl sites for hydroxylation is 1. The zero-order valence-corrected chi connectivity index (χ0v) is 8.98. The van der Waals surface area contributed by atoms with Crippen molar-refractivity contribution >= 4 is 29.3 Å². The Labute approximate surface area is 92.6 Å². The molecular formula is C10H9Cl2NO. The van der Waals surface area contributed by atoms with Crippen LogP contribution in [0.25, 0.3) is 0 Å². The van der Waals surface area contributed by atoms with E-state index < -0.39 is 0 Å². The second-order valence-electron chi connectivity index (χ2n) is 2.81. The van der Waals surface area contributed by atoms with Crippen LogP contribution in [-0.2, 0) is 11.2 Å². The summed E-state index contributed by atoms with van der Waals surface area (Å²) in [5.41, 5.74) is 1.03. The minimum Gasteiger partial charge on any atom is -0.211 e. The van der Waals surface area contributed by atoms with Crippen molar-refractivity contribution in [1.82, 2.24) is 0 Å². The average Bonchev–Trinajstić information content (AvgIpc) is 2.15. The summed E-state index contributed by atoms with van der Waals surface area (Å²) in [5.74, 6) is 0. The maximum absolute atomic E-state index is 9.79. The summed E-state index contributed by atoms with van der Waals surface area (Å²) in [6.45, 7) is 0.489. The van der Waals surface area contributed by atoms with Gasteiger partial charge in [0.25, 0.3) is 0 Å². The summed E-state index contributed by atoms with van der Waals surface area (Å²) >= 11 is 11.7. The van der Waals surface area contributed by atoms with Gasteiger partial charge in [-0.25, -0.2) is 9.79 Å². The zero-order chi connectivity index (χ0) is 10.4. The van der Waals surface area contributed by atoms with E-state index >= 15 is 0 Å². The zero-order valence-electron chi connectivity index (χ0n) is 7.46. The van der Waals surface area contributed by atoms with Crippen molar-refractivity contribution in [3.8, 4) is 0 Å². The van der Waals surface area contributed by atoms with Crippen molar-refractivity contribution in [3.05, 3.63) is 33.8 Å². The van der Waals surface area contributed by atoms with E-state index in [2.05, 4.69) is 4.99 Å². The molecule has 74 valence electrons. The molecule has 0 saturated carbocycles. The van der Waals surface area contributed by atoms with Gasteiger partial charge >= 0.3 is 0 Å². The van der Waals surface area contributed by atoms with Gasteiger partial charge in [0.15, 0.2) is 0 Å². The second-order valence-corrected chi connectivity index (χ2v) is 3.66. The first-order valence-corrected chi connectivity index (χ1v) is 4.97. The molecule has 0 unspecified atom stereocenters. The maximum atomic E-state index is 9.79. The van der Waals surface area contributed by atoms with Crippen LogP contribution in [0.1, 0.15) is 12.0 Å². The lowest BCUT2D eigenvalue weighted by Crippen LogP contribution is -1.89. The molecule has 0 radical (unpaired) electrons. The lowest BCUT2D eigenvalue weighted by atomic mass is 10.1. The highest BCUT2D eigenvalue weighted by Gasteiger charge is 2.00. The first kappa shape index (κ1) is 11.3. The Morgan fingerprint density at radius 3 is 2.79 bits per heavy atom. The second kappa shape index (κ2) is 5.82. The smallest absolute Gasteiger partial charge is 0.211 e. The molecule has 2 nitrogen and oxygen atoms in total. The highest BCUT2D eigenvalue weighted by molar-refractivity contribution is 6.35. The third kappa shape index (κ3) is 3.51. The van der Waals surface area contributed by atoms with Crippen LogP contribution in [0.2, 0.25) is 10.0 Å². The standard InChI is InChI=1S/C10H9Cl2NO/c11-9-4-3-8(10(12)6-9)2-1-5-13-7-14/h3-4,6H,1-2,5H2. The average molecular weight is 230 g/mol. The number of nitrogens with zero attached hydrogens (tertiary/aromatic N) is 1. The fourth-order valence-electron chi connectivity index (χ4n) is 1.12. The van der Waals surface area contributed by atoms with Crippen molar-refractivity contribution in [2.45, 2.75) is 12.8 Å². The fourth-order valence-corrected chi connectivity index (χ4v) is 1.62. The molecule has 0 aliphatic heterocycles. The molecule has 0 fully saturated rings. The minimum absolute atomic E-state index is 0.489. The van der Waals surface area contributed by atoms with E-state index in [0.29, 0.717) is 16.6 Å². The molecule has 0 N–H and O–H groups in total. The van der Waals surface area contributed by atoms with Crippen molar-refractivity contribution in [3.63, 3.8) is 0 Å². The van der Waals surface area contributed by atoms with Gasteiger partial charge in [-0.2, -0.15) is 0 Å². The fraction of sp³-hybridized carbons (Fsp3) is 0.300. The van der Waals surface area contributed by atoms with Gasteiger partial charge in [0.05, 0.1) is 6.54 Å². The maximum Gasteiger partial charge on any atom is 0.234 e. The van der Waals surface area contributed by atoms with Gasteiger partial charge in [-0.05, 0) is 30.5 Å². The van der Waals surface area contributed by atoms with E-state index in [4.69, 9.17) is 23.2 Å². The van der Waals surface area contributed by atoms with Crippen molar-refractivity contribution in [2.24, 2.45) is 4.99 Å². The Morgan fingerprint density at radius 2 is 2.14 bits per heavy atom. The predicted octanol–water partition coefficient (Wildman–Crippen LogP) is 3.26. The molecule has 1 rings (SSSR count). The Bertz CT molecular complexity index is 359. The molecule has 1 aromatic rings. The summed E-state index contributed by atoms with van der Waals surface area (Å²) in [4.78, 5) is 13.3. The van der Waals surface area contributed by atoms with Gasteiger partial charge in [-0.1, -0.05) is 29.3 Å². The number of hydrogen-bond donors (Lipinski definition) is 0. The SMILES string of the molecule is O=C=NCCCc1ccc(Cl)cc1Cl. The lowest BCUT2D eigenvalue weighted by molar-refractivity contribution is 0.562. The van der Waals surface area contributed by atoms with E-state index in [9.17, 15) is 4.79 Å². The van der Waals surface area contributed by atoms with E-state index in [1.54, 1.807) is 12.1 Å². The number of benzene rings is 1. The van der Waals surface area contributed by atoms with E-state index in [1.807, 2.05) is 6.07 Å². The molecular weight excluding hydrogens is 221 g/mol. The Hall–Kier alpha value is -0.820. The molecule has 0 aromatic heterocycles. The van der Waals surface area contributed by atoms with Crippen molar-refractivity contribution in [2.75, 3.05) is 6.54 Å². The number of carbonyl (C=O) groups excluding carboxylic acids is 1. The molecule has 0 spiro atoms. The van der Waals surface area contributed by atoms with Crippen LogP contribution in [0.5, 0.6) is 0 Å². The van der Waals surface area contributed by atoms with Crippen LogP contribution in [0.4, 0.5) is 0 Å². The van der Waals surface area contributed by atoms with Crippen LogP contribution >= 0.6 is 23.2 Å². The quantitative estimate of drug-likeness (QED) is 0.443. The van der Waals surface area contributed by atoms with Crippen LogP contribution in [0.15, 0.2) is 23.2 Å². The van der Waals surface area contributed by atoms with E-state index in [1.165, 1.54) is 6.08 Å². The molecule has 0 bridgehead atoms. The van der Waals surface area contributed by atoms with Gasteiger partial charge in [-0.3, -0.25) is 0 Å². The Balaban J connectivity index is 2.54. The molecule has 0 saturated heterocycles. The molecule has 14 heavy (non-hydrogen) atoms. The van der Waals surface area contributed by atoms with Crippen LogP contribution < -0.4 is 0 Å². The number of hydrogen-bond acceptors (Lipinski definition) is 2. The highest BCUT2D eigenvalue weighted by atomic mass is 35.5. The summed E-state index contributed by atoms with van der Waals surface area (Å²) in [6.07, 6.45) is 3.08. The molecule has 0 heterocycles. The molecule has 1 aromatic carbocycles. The molecule has 4 heteroatoms. The normalized spacial score (nSPS) is 9.57. The summed E-state index contributed by atoms with van der Waals surface area (Å²) in [6, 6.07) is 5.39. The monoisotopic (exact) mass is 229 g/mol. The summed E-state index contributed by atoms with van der Waals surface area (Å²) in [7, 11) is 0. The first-order valence-electron chi connectivity index (χ1n) is 4.21. The number of rotatable bonds is 4. The van der Waals surface area contributed by atoms with Crippen LogP contribution in [-0.4, -0.2) is 12.6 Å². The summed E-state index contributed by atoms with van der Waals surface area (Å²) < 4.78 is 0. The van der Waals surface area contributed by atoms with Gasteiger partial charge in [-0.15, -0.1) is 0 Å². The number of aliphatic imine (C=N–C) groups is 1. The highest BCUT2D eigenvalue weighted by Crippen LogP contribution is 2.21. The van der Waals surface area contributed by atoms with Crippen LogP contribution in [0, 0.1) is 0 Å². The largest absolute Gasteiger partial charge is 0.234 e. The van der Waals surface area contributed by atoms with Gasteiger partial charge in [0.1, 0.15) is 0 Å². The number of isocyanates is 1. The first-order chi connectivity index (χ1) is 6.74. The predicted molar refractivity (Wildman–Crippen MR) is 57.8 cm³/mol. The molecule has 0 amide bonds.